The van der Waals surface area contributed by atoms with Crippen molar-refractivity contribution in [3.63, 3.8) is 0 Å². The third kappa shape index (κ3) is 3.71. The second kappa shape index (κ2) is 5.50. The second-order valence-corrected chi connectivity index (χ2v) is 4.23. The average molecular weight is 283 g/mol. The quantitative estimate of drug-likeness (QED) is 0.938. The van der Waals surface area contributed by atoms with Gasteiger partial charge >= 0.3 is 6.36 Å². The number of benzene rings is 1. The smallest absolute Gasteiger partial charge is 0.406 e. The molecule has 1 N–H and O–H groups in total. The molecular formula is C14H12F3NO2. The number of nitrogens with zero attached hydrogens (tertiary/aromatic N) is 1. The first-order chi connectivity index (χ1) is 9.37. The van der Waals surface area contributed by atoms with Crippen molar-refractivity contribution in [2.24, 2.45) is 0 Å². The zero-order valence-corrected chi connectivity index (χ0v) is 10.6. The van der Waals surface area contributed by atoms with Gasteiger partial charge in [-0.25, -0.2) is 0 Å². The Hall–Kier alpha value is -2.08. The fraction of sp³-hybridized carbons (Fsp3) is 0.214. The maximum Gasteiger partial charge on any atom is 0.573 e. The molecule has 0 aliphatic heterocycles. The summed E-state index contributed by atoms with van der Waals surface area (Å²) in [6.45, 7) is 1.66. The minimum atomic E-state index is -4.70. The molecule has 6 heteroatoms. The predicted molar refractivity (Wildman–Crippen MR) is 67.0 cm³/mol. The summed E-state index contributed by atoms with van der Waals surface area (Å²) in [7, 11) is 0. The molecule has 2 rings (SSSR count). The number of aryl methyl sites for hydroxylation is 1. The fourth-order valence-corrected chi connectivity index (χ4v) is 1.81. The Balaban J connectivity index is 2.28. The first-order valence-corrected chi connectivity index (χ1v) is 5.82. The molecule has 1 aromatic carbocycles. The topological polar surface area (TPSA) is 42.4 Å². The molecule has 3 nitrogen and oxygen atoms in total. The van der Waals surface area contributed by atoms with E-state index in [0.717, 1.165) is 5.69 Å². The summed E-state index contributed by atoms with van der Waals surface area (Å²) >= 11 is 0. The molecule has 0 saturated heterocycles. The molecule has 2 aromatic rings. The number of halogens is 3. The maximum absolute atomic E-state index is 12.1. The van der Waals surface area contributed by atoms with Crippen LogP contribution in [0.5, 0.6) is 5.75 Å². The highest BCUT2D eigenvalue weighted by atomic mass is 19.4. The van der Waals surface area contributed by atoms with Crippen LogP contribution in [-0.2, 0) is 6.61 Å². The number of alkyl halides is 3. The molecule has 0 spiro atoms. The van der Waals surface area contributed by atoms with Gasteiger partial charge < -0.3 is 9.84 Å². The fourth-order valence-electron chi connectivity index (χ4n) is 1.81. The lowest BCUT2D eigenvalue weighted by atomic mass is 10.1. The first-order valence-electron chi connectivity index (χ1n) is 5.82. The number of rotatable bonds is 3. The normalized spacial score (nSPS) is 11.4. The molecule has 20 heavy (non-hydrogen) atoms. The summed E-state index contributed by atoms with van der Waals surface area (Å²) in [6.07, 6.45) is -4.70. The Bertz CT molecular complexity index is 594. The van der Waals surface area contributed by atoms with Crippen LogP contribution in [0.25, 0.3) is 11.3 Å². The molecule has 0 aliphatic rings. The van der Waals surface area contributed by atoms with Crippen molar-refractivity contribution in [3.05, 3.63) is 47.7 Å². The lowest BCUT2D eigenvalue weighted by molar-refractivity contribution is -0.274. The highest BCUT2D eigenvalue weighted by molar-refractivity contribution is 5.61. The van der Waals surface area contributed by atoms with Crippen molar-refractivity contribution in [1.29, 1.82) is 0 Å². The molecule has 0 radical (unpaired) electrons. The van der Waals surface area contributed by atoms with E-state index in [-0.39, 0.29) is 12.4 Å². The van der Waals surface area contributed by atoms with Crippen LogP contribution in [0, 0.1) is 6.92 Å². The number of aliphatic hydroxyl groups is 1. The Kier molecular flexibility index (Phi) is 3.94. The maximum atomic E-state index is 12.1. The van der Waals surface area contributed by atoms with Crippen LogP contribution in [0.1, 0.15) is 11.3 Å². The van der Waals surface area contributed by atoms with Gasteiger partial charge in [0.1, 0.15) is 5.75 Å². The highest BCUT2D eigenvalue weighted by Crippen LogP contribution is 2.26. The molecule has 0 fully saturated rings. The summed E-state index contributed by atoms with van der Waals surface area (Å²) in [5.41, 5.74) is 2.66. The molecular weight excluding hydrogens is 271 g/mol. The molecule has 1 heterocycles. The number of pyridine rings is 1. The van der Waals surface area contributed by atoms with Gasteiger partial charge in [0.05, 0.1) is 12.3 Å². The van der Waals surface area contributed by atoms with Crippen LogP contribution in [0.2, 0.25) is 0 Å². The molecule has 0 unspecified atom stereocenters. The molecule has 1 aromatic heterocycles. The molecule has 0 atom stereocenters. The minimum absolute atomic E-state index is 0.119. The molecule has 0 amide bonds. The van der Waals surface area contributed by atoms with E-state index in [9.17, 15) is 13.2 Å². The van der Waals surface area contributed by atoms with E-state index in [2.05, 4.69) is 9.72 Å². The average Bonchev–Trinajstić information content (AvgIpc) is 2.37. The summed E-state index contributed by atoms with van der Waals surface area (Å²) < 4.78 is 40.0. The second-order valence-electron chi connectivity index (χ2n) is 4.23. The SMILES string of the molecule is Cc1cc(CO)cc(-c2ccc(OC(F)(F)F)cc2)n1. The van der Waals surface area contributed by atoms with Gasteiger partial charge in [0.2, 0.25) is 0 Å². The largest absolute Gasteiger partial charge is 0.573 e. The Morgan fingerprint density at radius 1 is 1.15 bits per heavy atom. The van der Waals surface area contributed by atoms with E-state index in [4.69, 9.17) is 5.11 Å². The first kappa shape index (κ1) is 14.3. The number of hydrogen-bond acceptors (Lipinski definition) is 3. The van der Waals surface area contributed by atoms with Crippen LogP contribution in [0.15, 0.2) is 36.4 Å². The molecule has 0 bridgehead atoms. The van der Waals surface area contributed by atoms with Crippen molar-refractivity contribution in [1.82, 2.24) is 4.98 Å². The van der Waals surface area contributed by atoms with Gasteiger partial charge in [-0.05, 0) is 48.9 Å². The third-order valence-electron chi connectivity index (χ3n) is 2.58. The minimum Gasteiger partial charge on any atom is -0.406 e. The van der Waals surface area contributed by atoms with Gasteiger partial charge in [-0.2, -0.15) is 0 Å². The molecule has 0 saturated carbocycles. The van der Waals surface area contributed by atoms with Crippen molar-refractivity contribution in [2.75, 3.05) is 0 Å². The monoisotopic (exact) mass is 283 g/mol. The summed E-state index contributed by atoms with van der Waals surface area (Å²) in [5, 5.41) is 9.13. The van der Waals surface area contributed by atoms with E-state index < -0.39 is 6.36 Å². The number of aliphatic hydroxyl groups excluding tert-OH is 1. The van der Waals surface area contributed by atoms with Crippen LogP contribution >= 0.6 is 0 Å². The van der Waals surface area contributed by atoms with Crippen molar-refractivity contribution in [2.45, 2.75) is 19.9 Å². The lowest BCUT2D eigenvalue weighted by Gasteiger charge is -2.10. The zero-order chi connectivity index (χ0) is 14.8. The van der Waals surface area contributed by atoms with Crippen molar-refractivity contribution < 1.29 is 23.0 Å². The Morgan fingerprint density at radius 3 is 2.35 bits per heavy atom. The van der Waals surface area contributed by atoms with E-state index in [1.807, 2.05) is 0 Å². The van der Waals surface area contributed by atoms with Gasteiger partial charge in [0.15, 0.2) is 0 Å². The van der Waals surface area contributed by atoms with Crippen molar-refractivity contribution in [3.8, 4) is 17.0 Å². The van der Waals surface area contributed by atoms with Gasteiger partial charge in [-0.15, -0.1) is 13.2 Å². The van der Waals surface area contributed by atoms with E-state index in [1.54, 1.807) is 19.1 Å². The van der Waals surface area contributed by atoms with Crippen LogP contribution < -0.4 is 4.74 Å². The zero-order valence-electron chi connectivity index (χ0n) is 10.6. The number of hydrogen-bond donors (Lipinski definition) is 1. The predicted octanol–water partition coefficient (Wildman–Crippen LogP) is 3.45. The summed E-state index contributed by atoms with van der Waals surface area (Å²) in [5.74, 6) is -0.281. The van der Waals surface area contributed by atoms with Gasteiger partial charge in [0, 0.05) is 11.3 Å². The Morgan fingerprint density at radius 2 is 1.80 bits per heavy atom. The van der Waals surface area contributed by atoms with E-state index in [0.29, 0.717) is 16.8 Å². The number of aromatic nitrogens is 1. The van der Waals surface area contributed by atoms with Crippen molar-refractivity contribution >= 4 is 0 Å². The van der Waals surface area contributed by atoms with E-state index >= 15 is 0 Å². The van der Waals surface area contributed by atoms with Gasteiger partial charge in [-0.3, -0.25) is 4.98 Å². The van der Waals surface area contributed by atoms with Crippen LogP contribution in [0.3, 0.4) is 0 Å². The van der Waals surface area contributed by atoms with Crippen LogP contribution in [-0.4, -0.2) is 16.5 Å². The molecule has 0 aliphatic carbocycles. The van der Waals surface area contributed by atoms with E-state index in [1.165, 1.54) is 24.3 Å². The lowest BCUT2D eigenvalue weighted by Crippen LogP contribution is -2.16. The standard InChI is InChI=1S/C14H12F3NO2/c1-9-6-10(8-19)7-13(18-9)11-2-4-12(5-3-11)20-14(15,16)17/h2-7,19H,8H2,1H3. The molecule has 106 valence electrons. The summed E-state index contributed by atoms with van der Waals surface area (Å²) in [4.78, 5) is 4.28. The number of ether oxygens (including phenoxy) is 1. The summed E-state index contributed by atoms with van der Waals surface area (Å²) in [6, 6.07) is 8.86. The Labute approximate surface area is 113 Å². The van der Waals surface area contributed by atoms with Crippen LogP contribution in [0.4, 0.5) is 13.2 Å². The van der Waals surface area contributed by atoms with Gasteiger partial charge in [-0.1, -0.05) is 0 Å². The third-order valence-corrected chi connectivity index (χ3v) is 2.58. The van der Waals surface area contributed by atoms with Gasteiger partial charge in [0.25, 0.3) is 0 Å². The highest BCUT2D eigenvalue weighted by Gasteiger charge is 2.30.